The van der Waals surface area contributed by atoms with Crippen molar-refractivity contribution in [2.45, 2.75) is 39.3 Å². The molecule has 1 atom stereocenters. The molecule has 0 bridgehead atoms. The molecule has 106 valence electrons. The molecule has 1 N–H and O–H groups in total. The lowest BCUT2D eigenvalue weighted by molar-refractivity contribution is 0.285. The van der Waals surface area contributed by atoms with Crippen molar-refractivity contribution < 1.29 is 9.26 Å². The van der Waals surface area contributed by atoms with Gasteiger partial charge in [0.1, 0.15) is 23.8 Å². The van der Waals surface area contributed by atoms with Gasteiger partial charge in [0.2, 0.25) is 0 Å². The first-order valence-electron chi connectivity index (χ1n) is 7.18. The van der Waals surface area contributed by atoms with Gasteiger partial charge in [0.25, 0.3) is 0 Å². The van der Waals surface area contributed by atoms with Crippen molar-refractivity contribution in [3.8, 4) is 5.75 Å². The van der Waals surface area contributed by atoms with Gasteiger partial charge >= 0.3 is 0 Å². The minimum absolute atomic E-state index is 0.458. The van der Waals surface area contributed by atoms with E-state index in [4.69, 9.17) is 9.26 Å². The van der Waals surface area contributed by atoms with Crippen LogP contribution in [0.5, 0.6) is 5.75 Å². The molecule has 4 heteroatoms. The first kappa shape index (κ1) is 13.2. The normalized spacial score (nSPS) is 17.2. The maximum Gasteiger partial charge on any atom is 0.134 e. The summed E-state index contributed by atoms with van der Waals surface area (Å²) >= 11 is 0. The van der Waals surface area contributed by atoms with E-state index in [1.54, 1.807) is 0 Å². The highest BCUT2D eigenvalue weighted by molar-refractivity contribution is 5.45. The van der Waals surface area contributed by atoms with E-state index in [9.17, 15) is 0 Å². The average molecular weight is 272 g/mol. The van der Waals surface area contributed by atoms with Gasteiger partial charge in [0.05, 0.1) is 0 Å². The van der Waals surface area contributed by atoms with Crippen LogP contribution in [0.3, 0.4) is 0 Å². The Morgan fingerprint density at radius 3 is 3.10 bits per heavy atom. The van der Waals surface area contributed by atoms with Crippen LogP contribution in [-0.2, 0) is 13.0 Å². The molecule has 4 nitrogen and oxygen atoms in total. The summed E-state index contributed by atoms with van der Waals surface area (Å²) in [7, 11) is 0. The highest BCUT2D eigenvalue weighted by Gasteiger charge is 2.24. The molecule has 0 saturated carbocycles. The Bertz CT molecular complexity index is 592. The molecule has 0 saturated heterocycles. The van der Waals surface area contributed by atoms with E-state index >= 15 is 0 Å². The molecule has 0 radical (unpaired) electrons. The lowest BCUT2D eigenvalue weighted by atomic mass is 10.1. The van der Waals surface area contributed by atoms with Gasteiger partial charge in [0, 0.05) is 12.1 Å². The van der Waals surface area contributed by atoms with Crippen molar-refractivity contribution >= 4 is 0 Å². The summed E-state index contributed by atoms with van der Waals surface area (Å²) in [5.74, 6) is 1.79. The van der Waals surface area contributed by atoms with Gasteiger partial charge in [-0.1, -0.05) is 24.2 Å². The zero-order chi connectivity index (χ0) is 13.9. The molecule has 2 aromatic rings. The van der Waals surface area contributed by atoms with Gasteiger partial charge in [-0.15, -0.1) is 0 Å². The van der Waals surface area contributed by atoms with Crippen LogP contribution in [0.1, 0.15) is 42.0 Å². The molecule has 0 amide bonds. The number of hydrogen-bond acceptors (Lipinski definition) is 4. The molecular weight excluding hydrogens is 252 g/mol. The Balaban J connectivity index is 1.75. The van der Waals surface area contributed by atoms with Crippen LogP contribution in [0.2, 0.25) is 0 Å². The molecule has 0 spiro atoms. The summed E-state index contributed by atoms with van der Waals surface area (Å²) in [6.45, 7) is 5.48. The second-order valence-electron chi connectivity index (χ2n) is 5.19. The molecule has 1 aliphatic rings. The maximum atomic E-state index is 5.92. The maximum absolute atomic E-state index is 5.92. The van der Waals surface area contributed by atoms with Crippen molar-refractivity contribution in [2.75, 3.05) is 6.54 Å². The van der Waals surface area contributed by atoms with E-state index in [2.05, 4.69) is 29.5 Å². The summed E-state index contributed by atoms with van der Waals surface area (Å²) in [6, 6.07) is 8.68. The summed E-state index contributed by atoms with van der Waals surface area (Å²) in [5.41, 5.74) is 3.54. The number of rotatable bonds is 5. The largest absolute Gasteiger partial charge is 0.487 e. The molecule has 0 aliphatic heterocycles. The zero-order valence-corrected chi connectivity index (χ0v) is 12.0. The quantitative estimate of drug-likeness (QED) is 0.908. The number of nitrogens with zero attached hydrogens (tertiary/aromatic N) is 1. The Morgan fingerprint density at radius 1 is 1.45 bits per heavy atom. The number of fused-ring (bicyclic) bond motifs is 1. The van der Waals surface area contributed by atoms with E-state index in [1.807, 2.05) is 19.1 Å². The van der Waals surface area contributed by atoms with Gasteiger partial charge in [0.15, 0.2) is 0 Å². The Labute approximate surface area is 119 Å². The fourth-order valence-electron chi connectivity index (χ4n) is 2.85. The van der Waals surface area contributed by atoms with Crippen molar-refractivity contribution in [3.63, 3.8) is 0 Å². The lowest BCUT2D eigenvalue weighted by Crippen LogP contribution is -2.18. The first-order chi connectivity index (χ1) is 9.78. The van der Waals surface area contributed by atoms with Crippen LogP contribution in [-0.4, -0.2) is 11.7 Å². The van der Waals surface area contributed by atoms with E-state index in [0.717, 1.165) is 36.6 Å². The third-order valence-corrected chi connectivity index (χ3v) is 3.73. The third kappa shape index (κ3) is 2.56. The second-order valence-corrected chi connectivity index (χ2v) is 5.19. The Hall–Kier alpha value is -1.81. The van der Waals surface area contributed by atoms with Crippen LogP contribution in [0.4, 0.5) is 0 Å². The van der Waals surface area contributed by atoms with E-state index in [-0.39, 0.29) is 0 Å². The van der Waals surface area contributed by atoms with Gasteiger partial charge in [-0.3, -0.25) is 0 Å². The lowest BCUT2D eigenvalue weighted by Gasteiger charge is -2.13. The number of aryl methyl sites for hydroxylation is 1. The molecule has 1 heterocycles. The second kappa shape index (κ2) is 5.67. The first-order valence-corrected chi connectivity index (χ1v) is 7.18. The predicted octanol–water partition coefficient (Wildman–Crippen LogP) is 3.16. The fraction of sp³-hybridized carbons (Fsp3) is 0.438. The Kier molecular flexibility index (Phi) is 3.74. The Morgan fingerprint density at radius 2 is 2.35 bits per heavy atom. The minimum atomic E-state index is 0.458. The fourth-order valence-corrected chi connectivity index (χ4v) is 2.85. The molecule has 20 heavy (non-hydrogen) atoms. The number of nitrogens with one attached hydrogen (secondary N) is 1. The van der Waals surface area contributed by atoms with E-state index in [1.165, 1.54) is 11.1 Å². The number of hydrogen-bond donors (Lipinski definition) is 1. The van der Waals surface area contributed by atoms with Crippen molar-refractivity contribution in [1.82, 2.24) is 10.5 Å². The van der Waals surface area contributed by atoms with Crippen molar-refractivity contribution in [2.24, 2.45) is 0 Å². The van der Waals surface area contributed by atoms with Crippen LogP contribution in [0, 0.1) is 6.92 Å². The molecule has 1 aromatic carbocycles. The molecule has 1 aliphatic carbocycles. The van der Waals surface area contributed by atoms with Crippen LogP contribution < -0.4 is 10.1 Å². The van der Waals surface area contributed by atoms with Crippen LogP contribution in [0.25, 0.3) is 0 Å². The zero-order valence-electron chi connectivity index (χ0n) is 12.0. The molecule has 1 aromatic heterocycles. The highest BCUT2D eigenvalue weighted by atomic mass is 16.5. The van der Waals surface area contributed by atoms with Crippen molar-refractivity contribution in [1.29, 1.82) is 0 Å². The summed E-state index contributed by atoms with van der Waals surface area (Å²) in [6.07, 6.45) is 2.22. The van der Waals surface area contributed by atoms with Crippen molar-refractivity contribution in [3.05, 3.63) is 46.8 Å². The molecule has 0 fully saturated rings. The summed E-state index contributed by atoms with van der Waals surface area (Å²) in [5, 5.41) is 7.48. The molecule has 1 unspecified atom stereocenters. The van der Waals surface area contributed by atoms with E-state index in [0.29, 0.717) is 12.6 Å². The predicted molar refractivity (Wildman–Crippen MR) is 76.8 cm³/mol. The topological polar surface area (TPSA) is 47.3 Å². The monoisotopic (exact) mass is 272 g/mol. The van der Waals surface area contributed by atoms with Crippen LogP contribution >= 0.6 is 0 Å². The SMILES string of the molecule is CCNC1CCc2c(OCc3cc(C)on3)cccc21. The summed E-state index contributed by atoms with van der Waals surface area (Å²) < 4.78 is 11.0. The standard InChI is InChI=1S/C16H20N2O2/c1-3-17-15-8-7-14-13(15)5-4-6-16(14)19-10-12-9-11(2)20-18-12/h4-6,9,15,17H,3,7-8,10H2,1-2H3. The molecule has 3 rings (SSSR count). The van der Waals surface area contributed by atoms with Gasteiger partial charge in [-0.2, -0.15) is 0 Å². The molecular formula is C16H20N2O2. The third-order valence-electron chi connectivity index (χ3n) is 3.73. The number of ether oxygens (including phenoxy) is 1. The summed E-state index contributed by atoms with van der Waals surface area (Å²) in [4.78, 5) is 0. The number of benzene rings is 1. The highest BCUT2D eigenvalue weighted by Crippen LogP contribution is 2.37. The number of aromatic nitrogens is 1. The minimum Gasteiger partial charge on any atom is -0.487 e. The van der Waals surface area contributed by atoms with E-state index < -0.39 is 0 Å². The van der Waals surface area contributed by atoms with Crippen LogP contribution in [0.15, 0.2) is 28.8 Å². The average Bonchev–Trinajstić information content (AvgIpc) is 3.04. The van der Waals surface area contributed by atoms with Gasteiger partial charge < -0.3 is 14.6 Å². The van der Waals surface area contributed by atoms with Gasteiger partial charge in [-0.25, -0.2) is 0 Å². The smallest absolute Gasteiger partial charge is 0.134 e. The van der Waals surface area contributed by atoms with Gasteiger partial charge in [-0.05, 0) is 43.5 Å².